The molecular formula is C10H15N5O. The lowest BCUT2D eigenvalue weighted by molar-refractivity contribution is -0.134. The van der Waals surface area contributed by atoms with Gasteiger partial charge >= 0.3 is 0 Å². The number of carbonyl (C=O) groups excluding carboxylic acids is 1. The highest BCUT2D eigenvalue weighted by atomic mass is 16.2. The minimum atomic E-state index is -0.196. The number of nitrogens with one attached hydrogen (secondary N) is 2. The number of rotatable bonds is 1. The number of nitrogens with zero attached hydrogens (tertiary/aromatic N) is 3. The summed E-state index contributed by atoms with van der Waals surface area (Å²) in [6.45, 7) is 1.73. The van der Waals surface area contributed by atoms with Crippen LogP contribution in [0, 0.1) is 5.41 Å². The number of amides is 1. The van der Waals surface area contributed by atoms with Crippen LogP contribution in [-0.4, -0.2) is 46.4 Å². The first-order valence-corrected chi connectivity index (χ1v) is 5.57. The number of H-pyrrole nitrogens is 1. The molecule has 1 amide bonds. The van der Waals surface area contributed by atoms with Crippen LogP contribution in [0.4, 0.5) is 0 Å². The molecule has 0 aromatic carbocycles. The predicted molar refractivity (Wildman–Crippen MR) is 56.4 cm³/mol. The number of likely N-dealkylation sites (tertiary alicyclic amines) is 1. The molecule has 2 saturated heterocycles. The van der Waals surface area contributed by atoms with Crippen molar-refractivity contribution in [2.75, 3.05) is 20.1 Å². The molecule has 86 valence electrons. The highest BCUT2D eigenvalue weighted by Crippen LogP contribution is 2.45. The third-order valence-corrected chi connectivity index (χ3v) is 3.84. The predicted octanol–water partition coefficient (Wildman–Crippen LogP) is -0.312. The Labute approximate surface area is 93.4 Å². The summed E-state index contributed by atoms with van der Waals surface area (Å²) in [7, 11) is 1.86. The van der Waals surface area contributed by atoms with E-state index in [0.717, 1.165) is 31.6 Å². The second kappa shape index (κ2) is 3.28. The molecule has 6 heteroatoms. The summed E-state index contributed by atoms with van der Waals surface area (Å²) in [5.74, 6) is 0.241. The summed E-state index contributed by atoms with van der Waals surface area (Å²) in [5.41, 5.74) is 0.665. The Hall–Kier alpha value is -1.43. The third kappa shape index (κ3) is 1.19. The standard InChI is InChI=1S/C10H15N5O/c1-15-8(7-5-12-14-13-7)4-10(9(15)16)2-3-11-6-10/h5,8,11H,2-4,6H2,1H3,(H,12,13,14). The molecule has 2 N–H and O–H groups in total. The van der Waals surface area contributed by atoms with Gasteiger partial charge in [0.15, 0.2) is 0 Å². The molecule has 16 heavy (non-hydrogen) atoms. The molecule has 3 rings (SSSR count). The summed E-state index contributed by atoms with van der Waals surface area (Å²) in [6, 6.07) is 0.0751. The maximum Gasteiger partial charge on any atom is 0.230 e. The number of carbonyl (C=O) groups is 1. The fourth-order valence-corrected chi connectivity index (χ4v) is 2.88. The van der Waals surface area contributed by atoms with E-state index in [4.69, 9.17) is 0 Å². The van der Waals surface area contributed by atoms with Crippen LogP contribution in [0.1, 0.15) is 24.6 Å². The summed E-state index contributed by atoms with van der Waals surface area (Å²) >= 11 is 0. The second-order valence-electron chi connectivity index (χ2n) is 4.74. The summed E-state index contributed by atoms with van der Waals surface area (Å²) in [4.78, 5) is 14.1. The van der Waals surface area contributed by atoms with E-state index >= 15 is 0 Å². The topological polar surface area (TPSA) is 73.9 Å². The van der Waals surface area contributed by atoms with Crippen LogP contribution in [0.2, 0.25) is 0 Å². The number of aromatic nitrogens is 3. The lowest BCUT2D eigenvalue weighted by Crippen LogP contribution is -2.34. The zero-order chi connectivity index (χ0) is 11.2. The first-order valence-electron chi connectivity index (χ1n) is 5.57. The monoisotopic (exact) mass is 221 g/mol. The Balaban J connectivity index is 1.91. The highest BCUT2D eigenvalue weighted by molar-refractivity contribution is 5.86. The third-order valence-electron chi connectivity index (χ3n) is 3.84. The smallest absolute Gasteiger partial charge is 0.230 e. The zero-order valence-corrected chi connectivity index (χ0v) is 9.23. The molecular weight excluding hydrogens is 206 g/mol. The molecule has 1 spiro atoms. The molecule has 0 bridgehead atoms. The molecule has 6 nitrogen and oxygen atoms in total. The van der Waals surface area contributed by atoms with Crippen molar-refractivity contribution in [1.82, 2.24) is 25.6 Å². The Morgan fingerprint density at radius 3 is 3.12 bits per heavy atom. The summed E-state index contributed by atoms with van der Waals surface area (Å²) < 4.78 is 0. The van der Waals surface area contributed by atoms with Crippen LogP contribution in [0.5, 0.6) is 0 Å². The van der Waals surface area contributed by atoms with Gasteiger partial charge in [-0.3, -0.25) is 4.79 Å². The van der Waals surface area contributed by atoms with E-state index in [2.05, 4.69) is 20.7 Å². The van der Waals surface area contributed by atoms with E-state index in [1.54, 1.807) is 6.20 Å². The van der Waals surface area contributed by atoms with Crippen LogP contribution < -0.4 is 5.32 Å². The lowest BCUT2D eigenvalue weighted by Gasteiger charge is -2.19. The van der Waals surface area contributed by atoms with Gasteiger partial charge in [0.1, 0.15) is 5.69 Å². The normalized spacial score (nSPS) is 34.2. The molecule has 2 aliphatic heterocycles. The number of aromatic amines is 1. The van der Waals surface area contributed by atoms with E-state index in [1.165, 1.54) is 0 Å². The molecule has 2 atom stereocenters. The molecule has 3 heterocycles. The minimum Gasteiger partial charge on any atom is -0.336 e. The van der Waals surface area contributed by atoms with Crippen LogP contribution in [0.25, 0.3) is 0 Å². The average molecular weight is 221 g/mol. The Morgan fingerprint density at radius 2 is 2.50 bits per heavy atom. The largest absolute Gasteiger partial charge is 0.336 e. The van der Waals surface area contributed by atoms with Crippen LogP contribution >= 0.6 is 0 Å². The van der Waals surface area contributed by atoms with Crippen LogP contribution in [0.3, 0.4) is 0 Å². The van der Waals surface area contributed by atoms with Crippen molar-refractivity contribution in [1.29, 1.82) is 0 Å². The van der Waals surface area contributed by atoms with Gasteiger partial charge in [0.2, 0.25) is 5.91 Å². The molecule has 2 aliphatic rings. The molecule has 1 aromatic rings. The maximum absolute atomic E-state index is 12.3. The minimum absolute atomic E-state index is 0.0751. The van der Waals surface area contributed by atoms with Crippen molar-refractivity contribution in [3.63, 3.8) is 0 Å². The molecule has 1 aromatic heterocycles. The average Bonchev–Trinajstić information content (AvgIpc) is 2.98. The van der Waals surface area contributed by atoms with Gasteiger partial charge < -0.3 is 10.2 Å². The van der Waals surface area contributed by atoms with Crippen molar-refractivity contribution < 1.29 is 4.79 Å². The first-order chi connectivity index (χ1) is 7.73. The summed E-state index contributed by atoms with van der Waals surface area (Å²) in [5, 5.41) is 13.8. The summed E-state index contributed by atoms with van der Waals surface area (Å²) in [6.07, 6.45) is 3.49. The van der Waals surface area contributed by atoms with Crippen molar-refractivity contribution in [2.45, 2.75) is 18.9 Å². The van der Waals surface area contributed by atoms with Crippen molar-refractivity contribution in [3.05, 3.63) is 11.9 Å². The SMILES string of the molecule is CN1C(=O)C2(CCNC2)CC1c1cn[nH]n1. The molecule has 0 aliphatic carbocycles. The van der Waals surface area contributed by atoms with E-state index in [-0.39, 0.29) is 17.4 Å². The molecule has 0 radical (unpaired) electrons. The van der Waals surface area contributed by atoms with Crippen LogP contribution in [-0.2, 0) is 4.79 Å². The van der Waals surface area contributed by atoms with Gasteiger partial charge in [-0.1, -0.05) is 0 Å². The number of hydrogen-bond donors (Lipinski definition) is 2. The van der Waals surface area contributed by atoms with Crippen molar-refractivity contribution in [2.24, 2.45) is 5.41 Å². The van der Waals surface area contributed by atoms with Crippen LogP contribution in [0.15, 0.2) is 6.20 Å². The Kier molecular flexibility index (Phi) is 2.00. The fraction of sp³-hybridized carbons (Fsp3) is 0.700. The van der Waals surface area contributed by atoms with E-state index in [1.807, 2.05) is 11.9 Å². The highest BCUT2D eigenvalue weighted by Gasteiger charge is 2.52. The van der Waals surface area contributed by atoms with E-state index < -0.39 is 0 Å². The van der Waals surface area contributed by atoms with E-state index in [9.17, 15) is 4.79 Å². The van der Waals surface area contributed by atoms with Gasteiger partial charge in [0.25, 0.3) is 0 Å². The zero-order valence-electron chi connectivity index (χ0n) is 9.23. The lowest BCUT2D eigenvalue weighted by atomic mass is 9.83. The van der Waals surface area contributed by atoms with Gasteiger partial charge in [-0.05, 0) is 19.4 Å². The van der Waals surface area contributed by atoms with Gasteiger partial charge in [0.05, 0.1) is 17.7 Å². The fourth-order valence-electron chi connectivity index (χ4n) is 2.88. The van der Waals surface area contributed by atoms with Crippen molar-refractivity contribution in [3.8, 4) is 0 Å². The van der Waals surface area contributed by atoms with E-state index in [0.29, 0.717) is 0 Å². The number of hydrogen-bond acceptors (Lipinski definition) is 4. The van der Waals surface area contributed by atoms with Gasteiger partial charge in [-0.2, -0.15) is 15.4 Å². The Bertz CT molecular complexity index is 395. The molecule has 0 saturated carbocycles. The second-order valence-corrected chi connectivity index (χ2v) is 4.74. The van der Waals surface area contributed by atoms with Gasteiger partial charge in [0, 0.05) is 13.6 Å². The first kappa shape index (κ1) is 9.77. The van der Waals surface area contributed by atoms with Gasteiger partial charge in [-0.25, -0.2) is 0 Å². The quantitative estimate of drug-likeness (QED) is 0.682. The molecule has 2 fully saturated rings. The Morgan fingerprint density at radius 1 is 1.62 bits per heavy atom. The maximum atomic E-state index is 12.3. The molecule has 2 unspecified atom stereocenters. The van der Waals surface area contributed by atoms with Gasteiger partial charge in [-0.15, -0.1) is 0 Å². The van der Waals surface area contributed by atoms with Crippen molar-refractivity contribution >= 4 is 5.91 Å².